The van der Waals surface area contributed by atoms with E-state index in [0.717, 1.165) is 12.0 Å². The molecule has 2 aromatic rings. The van der Waals surface area contributed by atoms with Crippen LogP contribution < -0.4 is 9.47 Å². The number of carbonyl (C=O) groups is 2. The number of fused-ring (bicyclic) bond motifs is 1. The van der Waals surface area contributed by atoms with Crippen molar-refractivity contribution in [3.8, 4) is 11.5 Å². The maximum absolute atomic E-state index is 12.9. The lowest BCUT2D eigenvalue weighted by Gasteiger charge is -2.30. The number of hydrogen-bond donors (Lipinski definition) is 0. The Kier molecular flexibility index (Phi) is 6.17. The van der Waals surface area contributed by atoms with Crippen molar-refractivity contribution < 1.29 is 19.1 Å². The fourth-order valence-corrected chi connectivity index (χ4v) is 3.93. The summed E-state index contributed by atoms with van der Waals surface area (Å²) in [5.74, 6) is 1.37. The van der Waals surface area contributed by atoms with Crippen molar-refractivity contribution in [2.45, 2.75) is 26.2 Å². The van der Waals surface area contributed by atoms with Crippen molar-refractivity contribution in [3.63, 3.8) is 0 Å². The number of ether oxygens (including phenoxy) is 2. The average molecular weight is 405 g/mol. The Bertz CT molecular complexity index is 940. The molecule has 0 spiro atoms. The summed E-state index contributed by atoms with van der Waals surface area (Å²) in [4.78, 5) is 27.3. The highest BCUT2D eigenvalue weighted by molar-refractivity contribution is 5.99. The molecule has 2 aromatic carbocycles. The molecule has 0 aliphatic carbocycles. The molecule has 156 valence electrons. The number of likely N-dealkylation sites (tertiary alicyclic amines) is 1. The van der Waals surface area contributed by atoms with Crippen LogP contribution in [-0.4, -0.2) is 42.9 Å². The number of ketones is 1. The average Bonchev–Trinajstić information content (AvgIpc) is 2.82. The molecule has 0 atom stereocenters. The molecule has 0 saturated carbocycles. The highest BCUT2D eigenvalue weighted by atomic mass is 16.6. The summed E-state index contributed by atoms with van der Waals surface area (Å²) in [7, 11) is 0. The van der Waals surface area contributed by atoms with Gasteiger partial charge in [0.25, 0.3) is 0 Å². The van der Waals surface area contributed by atoms with Gasteiger partial charge in [-0.05, 0) is 54.7 Å². The van der Waals surface area contributed by atoms with Crippen LogP contribution in [0.1, 0.15) is 41.3 Å². The molecule has 0 unspecified atom stereocenters. The van der Waals surface area contributed by atoms with E-state index in [9.17, 15) is 9.59 Å². The minimum Gasteiger partial charge on any atom is -0.486 e. The molecule has 0 aromatic heterocycles. The van der Waals surface area contributed by atoms with Crippen LogP contribution in [0, 0.1) is 5.92 Å². The summed E-state index contributed by atoms with van der Waals surface area (Å²) in [6, 6.07) is 13.6. The molecule has 1 fully saturated rings. The fraction of sp³-hybridized carbons (Fsp3) is 0.360. The quantitative estimate of drug-likeness (QED) is 0.554. The molecule has 5 heteroatoms. The summed E-state index contributed by atoms with van der Waals surface area (Å²) < 4.78 is 11.1. The molecule has 0 radical (unpaired) electrons. The third-order valence-corrected chi connectivity index (χ3v) is 5.81. The van der Waals surface area contributed by atoms with E-state index in [4.69, 9.17) is 9.47 Å². The van der Waals surface area contributed by atoms with Gasteiger partial charge < -0.3 is 14.4 Å². The molecule has 30 heavy (non-hydrogen) atoms. The number of piperidine rings is 1. The number of nitrogens with zero attached hydrogens (tertiary/aromatic N) is 1. The van der Waals surface area contributed by atoms with Gasteiger partial charge in [-0.25, -0.2) is 0 Å². The zero-order valence-corrected chi connectivity index (χ0v) is 17.3. The van der Waals surface area contributed by atoms with Crippen molar-refractivity contribution >= 4 is 17.8 Å². The largest absolute Gasteiger partial charge is 0.486 e. The van der Waals surface area contributed by atoms with Gasteiger partial charge >= 0.3 is 0 Å². The lowest BCUT2D eigenvalue weighted by Crippen LogP contribution is -2.39. The normalized spacial score (nSPS) is 16.6. The van der Waals surface area contributed by atoms with E-state index in [1.165, 1.54) is 5.56 Å². The number of Topliss-reactive ketones (excluding diaryl/α,β-unsaturated/α-hetero) is 1. The number of rotatable bonds is 5. The Morgan fingerprint density at radius 1 is 1.00 bits per heavy atom. The number of carbonyl (C=O) groups excluding carboxylic acids is 2. The van der Waals surface area contributed by atoms with Gasteiger partial charge in [-0.15, -0.1) is 0 Å². The van der Waals surface area contributed by atoms with Crippen molar-refractivity contribution in [2.24, 2.45) is 5.92 Å². The first-order chi connectivity index (χ1) is 14.6. The van der Waals surface area contributed by atoms with E-state index in [-0.39, 0.29) is 17.6 Å². The van der Waals surface area contributed by atoms with E-state index >= 15 is 0 Å². The minimum absolute atomic E-state index is 0.000188. The fourth-order valence-electron chi connectivity index (χ4n) is 3.93. The lowest BCUT2D eigenvalue weighted by atomic mass is 9.88. The maximum Gasteiger partial charge on any atom is 0.246 e. The van der Waals surface area contributed by atoms with Crippen LogP contribution in [0.2, 0.25) is 0 Å². The summed E-state index contributed by atoms with van der Waals surface area (Å²) in [6.07, 6.45) is 5.84. The molecular formula is C25H27NO4. The van der Waals surface area contributed by atoms with Gasteiger partial charge in [0.15, 0.2) is 17.3 Å². The molecule has 2 aliphatic heterocycles. The number of hydrogen-bond acceptors (Lipinski definition) is 4. The monoisotopic (exact) mass is 405 g/mol. The highest BCUT2D eigenvalue weighted by Crippen LogP contribution is 2.32. The summed E-state index contributed by atoms with van der Waals surface area (Å²) in [5, 5.41) is 0. The van der Waals surface area contributed by atoms with Gasteiger partial charge in [-0.3, -0.25) is 9.59 Å². The Balaban J connectivity index is 1.32. The molecular weight excluding hydrogens is 378 g/mol. The van der Waals surface area contributed by atoms with E-state index in [1.54, 1.807) is 24.3 Å². The molecule has 0 N–H and O–H groups in total. The standard InChI is InChI=1S/C25H27NO4/c1-2-18-3-5-19(6-4-18)7-10-24(27)26-13-11-20(12-14-26)25(28)21-8-9-22-23(17-21)30-16-15-29-22/h3-10,17,20H,2,11-16H2,1H3/b10-7+. The first kappa shape index (κ1) is 20.2. The molecule has 2 heterocycles. The predicted octanol–water partition coefficient (Wildman–Crippen LogP) is 4.15. The number of aryl methyl sites for hydroxylation is 1. The van der Waals surface area contributed by atoms with Gasteiger partial charge in [0.2, 0.25) is 5.91 Å². The second-order valence-corrected chi connectivity index (χ2v) is 7.75. The molecule has 0 bridgehead atoms. The van der Waals surface area contributed by atoms with Crippen molar-refractivity contribution in [2.75, 3.05) is 26.3 Å². The first-order valence-electron chi connectivity index (χ1n) is 10.6. The van der Waals surface area contributed by atoms with Crippen LogP contribution in [0.25, 0.3) is 6.08 Å². The van der Waals surface area contributed by atoms with Gasteiger partial charge in [0.1, 0.15) is 13.2 Å². The van der Waals surface area contributed by atoms with Crippen LogP contribution in [0.4, 0.5) is 0 Å². The maximum atomic E-state index is 12.9. The van der Waals surface area contributed by atoms with Gasteiger partial charge in [-0.1, -0.05) is 31.2 Å². The first-order valence-corrected chi connectivity index (χ1v) is 10.6. The Labute approximate surface area is 177 Å². The van der Waals surface area contributed by atoms with Gasteiger partial charge in [-0.2, -0.15) is 0 Å². The second kappa shape index (κ2) is 9.16. The van der Waals surface area contributed by atoms with Crippen LogP contribution in [0.5, 0.6) is 11.5 Å². The van der Waals surface area contributed by atoms with E-state index in [2.05, 4.69) is 19.1 Å². The van der Waals surface area contributed by atoms with Gasteiger partial charge in [0.05, 0.1) is 0 Å². The van der Waals surface area contributed by atoms with Crippen molar-refractivity contribution in [3.05, 3.63) is 65.2 Å². The summed E-state index contributed by atoms with van der Waals surface area (Å²) in [5.41, 5.74) is 2.95. The van der Waals surface area contributed by atoms with Crippen LogP contribution in [0.15, 0.2) is 48.5 Å². The molecule has 1 amide bonds. The topological polar surface area (TPSA) is 55.8 Å². The second-order valence-electron chi connectivity index (χ2n) is 7.75. The van der Waals surface area contributed by atoms with E-state index in [1.807, 2.05) is 23.1 Å². The predicted molar refractivity (Wildman–Crippen MR) is 116 cm³/mol. The van der Waals surface area contributed by atoms with Crippen LogP contribution in [-0.2, 0) is 11.2 Å². The van der Waals surface area contributed by atoms with Gasteiger partial charge in [0, 0.05) is 30.6 Å². The molecule has 5 nitrogen and oxygen atoms in total. The molecule has 4 rings (SSSR count). The summed E-state index contributed by atoms with van der Waals surface area (Å²) in [6.45, 7) is 4.35. The zero-order chi connectivity index (χ0) is 20.9. The minimum atomic E-state index is -0.0674. The third-order valence-electron chi connectivity index (χ3n) is 5.81. The SMILES string of the molecule is CCc1ccc(/C=C/C(=O)N2CCC(C(=O)c3ccc4c(c3)OCCO4)CC2)cc1. The van der Waals surface area contributed by atoms with Crippen molar-refractivity contribution in [1.29, 1.82) is 0 Å². The summed E-state index contributed by atoms with van der Waals surface area (Å²) >= 11 is 0. The number of benzene rings is 2. The van der Waals surface area contributed by atoms with E-state index < -0.39 is 0 Å². The lowest BCUT2D eigenvalue weighted by molar-refractivity contribution is -0.127. The highest BCUT2D eigenvalue weighted by Gasteiger charge is 2.28. The Morgan fingerprint density at radius 3 is 2.40 bits per heavy atom. The van der Waals surface area contributed by atoms with Crippen LogP contribution in [0.3, 0.4) is 0 Å². The Morgan fingerprint density at radius 2 is 1.70 bits per heavy atom. The van der Waals surface area contributed by atoms with E-state index in [0.29, 0.717) is 56.2 Å². The Hall–Kier alpha value is -3.08. The number of amides is 1. The smallest absolute Gasteiger partial charge is 0.246 e. The molecule has 1 saturated heterocycles. The molecule has 2 aliphatic rings. The zero-order valence-electron chi connectivity index (χ0n) is 17.3. The third kappa shape index (κ3) is 4.56. The van der Waals surface area contributed by atoms with Crippen molar-refractivity contribution in [1.82, 2.24) is 4.90 Å². The van der Waals surface area contributed by atoms with Crippen LogP contribution >= 0.6 is 0 Å².